The summed E-state index contributed by atoms with van der Waals surface area (Å²) in [5.74, 6) is 0.279. The van der Waals surface area contributed by atoms with Crippen molar-refractivity contribution in [2.24, 2.45) is 0 Å². The Bertz CT molecular complexity index is 622. The normalized spacial score (nSPS) is 10.4. The Morgan fingerprint density at radius 3 is 2.68 bits per heavy atom. The highest BCUT2D eigenvalue weighted by Gasteiger charge is 2.17. The number of hydrogen-bond acceptors (Lipinski definition) is 5. The lowest BCUT2D eigenvalue weighted by molar-refractivity contribution is -0.385. The van der Waals surface area contributed by atoms with E-state index in [4.69, 9.17) is 10.5 Å². The summed E-state index contributed by atoms with van der Waals surface area (Å²) < 4.78 is 5.25. The third-order valence-electron chi connectivity index (χ3n) is 2.65. The van der Waals surface area contributed by atoms with Crippen LogP contribution in [0.15, 0.2) is 24.3 Å². The Labute approximate surface area is 114 Å². The van der Waals surface area contributed by atoms with Crippen molar-refractivity contribution < 1.29 is 9.66 Å². The lowest BCUT2D eigenvalue weighted by Crippen LogP contribution is -1.97. The molecule has 0 saturated carbocycles. The number of benzene rings is 1. The summed E-state index contributed by atoms with van der Waals surface area (Å²) in [6.45, 7) is 4.13. The molecule has 6 heteroatoms. The van der Waals surface area contributed by atoms with E-state index >= 15 is 0 Å². The Hall–Kier alpha value is -2.08. The van der Waals surface area contributed by atoms with Gasteiger partial charge in [-0.05, 0) is 31.5 Å². The Morgan fingerprint density at radius 2 is 2.16 bits per heavy atom. The number of nitro benzene ring substituents is 1. The number of anilines is 1. The summed E-state index contributed by atoms with van der Waals surface area (Å²) in [7, 11) is 0. The van der Waals surface area contributed by atoms with Crippen LogP contribution in [0.1, 0.15) is 11.8 Å². The smallest absolute Gasteiger partial charge is 0.311 e. The van der Waals surface area contributed by atoms with Crippen LogP contribution in [0.2, 0.25) is 0 Å². The summed E-state index contributed by atoms with van der Waals surface area (Å²) in [6.07, 6.45) is 0. The van der Waals surface area contributed by atoms with Crippen molar-refractivity contribution in [2.75, 3.05) is 12.3 Å². The predicted molar refractivity (Wildman–Crippen MR) is 76.7 cm³/mol. The highest BCUT2D eigenvalue weighted by Crippen LogP contribution is 2.37. The first-order valence-corrected chi connectivity index (χ1v) is 6.62. The van der Waals surface area contributed by atoms with Crippen LogP contribution in [0.4, 0.5) is 10.7 Å². The minimum absolute atomic E-state index is 0.0393. The molecule has 100 valence electrons. The molecule has 0 aliphatic heterocycles. The summed E-state index contributed by atoms with van der Waals surface area (Å²) in [4.78, 5) is 11.7. The first-order chi connectivity index (χ1) is 9.02. The highest BCUT2D eigenvalue weighted by atomic mass is 32.1. The molecule has 0 aliphatic rings. The zero-order valence-corrected chi connectivity index (χ0v) is 11.5. The van der Waals surface area contributed by atoms with E-state index in [-0.39, 0.29) is 11.4 Å². The Balaban J connectivity index is 2.52. The molecule has 2 N–H and O–H groups in total. The van der Waals surface area contributed by atoms with Gasteiger partial charge in [0, 0.05) is 16.5 Å². The van der Waals surface area contributed by atoms with Crippen LogP contribution in [0.3, 0.4) is 0 Å². The predicted octanol–water partition coefficient (Wildman–Crippen LogP) is 3.61. The lowest BCUT2D eigenvalue weighted by atomic mass is 10.1. The average molecular weight is 278 g/mol. The molecular weight excluding hydrogens is 264 g/mol. The Morgan fingerprint density at radius 1 is 1.42 bits per heavy atom. The van der Waals surface area contributed by atoms with E-state index < -0.39 is 4.92 Å². The lowest BCUT2D eigenvalue weighted by Gasteiger charge is -2.06. The van der Waals surface area contributed by atoms with Crippen LogP contribution >= 0.6 is 11.3 Å². The number of nitrogen functional groups attached to an aromatic ring is 1. The molecule has 0 radical (unpaired) electrons. The van der Waals surface area contributed by atoms with E-state index in [0.717, 1.165) is 16.0 Å². The monoisotopic (exact) mass is 278 g/mol. The molecule has 0 amide bonds. The molecular formula is C13H14N2O3S. The van der Waals surface area contributed by atoms with Gasteiger partial charge in [0.25, 0.3) is 0 Å². The van der Waals surface area contributed by atoms with Gasteiger partial charge < -0.3 is 10.5 Å². The number of nitrogens with two attached hydrogens (primary N) is 1. The number of hydrogen-bond donors (Lipinski definition) is 1. The topological polar surface area (TPSA) is 78.4 Å². The summed E-state index contributed by atoms with van der Waals surface area (Å²) in [6, 6.07) is 6.83. The molecule has 1 aromatic carbocycles. The fraction of sp³-hybridized carbons (Fsp3) is 0.231. The molecule has 1 heterocycles. The number of aryl methyl sites for hydroxylation is 1. The van der Waals surface area contributed by atoms with E-state index in [0.29, 0.717) is 11.6 Å². The third-order valence-corrected chi connectivity index (χ3v) is 3.53. The van der Waals surface area contributed by atoms with Crippen LogP contribution in [0.25, 0.3) is 11.1 Å². The van der Waals surface area contributed by atoms with Gasteiger partial charge in [0.1, 0.15) is 0 Å². The van der Waals surface area contributed by atoms with Gasteiger partial charge in [-0.25, -0.2) is 0 Å². The molecule has 2 aromatic rings. The van der Waals surface area contributed by atoms with Crippen molar-refractivity contribution in [3.63, 3.8) is 0 Å². The molecule has 1 aromatic heterocycles. The van der Waals surface area contributed by atoms with Crippen molar-refractivity contribution in [3.8, 4) is 16.9 Å². The maximum absolute atomic E-state index is 11.1. The Kier molecular flexibility index (Phi) is 3.71. The molecule has 19 heavy (non-hydrogen) atoms. The van der Waals surface area contributed by atoms with Gasteiger partial charge in [-0.2, -0.15) is 0 Å². The molecule has 0 saturated heterocycles. The first-order valence-electron chi connectivity index (χ1n) is 5.80. The molecule has 2 rings (SSSR count). The standard InChI is InChI=1S/C13H14N2O3S/c1-3-18-12-5-4-9(7-11(12)15(16)17)10-6-8(2)19-13(10)14/h4-7H,3,14H2,1-2H3. The number of rotatable bonds is 4. The SMILES string of the molecule is CCOc1ccc(-c2cc(C)sc2N)cc1[N+](=O)[O-]. The van der Waals surface area contributed by atoms with Crippen molar-refractivity contribution in [3.05, 3.63) is 39.3 Å². The fourth-order valence-corrected chi connectivity index (χ4v) is 2.67. The van der Waals surface area contributed by atoms with E-state index in [1.54, 1.807) is 19.1 Å². The zero-order valence-electron chi connectivity index (χ0n) is 10.7. The van der Waals surface area contributed by atoms with Gasteiger partial charge in [-0.15, -0.1) is 11.3 Å². The summed E-state index contributed by atoms with van der Waals surface area (Å²) in [5, 5.41) is 11.7. The number of nitrogens with zero attached hydrogens (tertiary/aromatic N) is 1. The minimum atomic E-state index is -0.441. The molecule has 5 nitrogen and oxygen atoms in total. The van der Waals surface area contributed by atoms with Crippen molar-refractivity contribution >= 4 is 22.0 Å². The van der Waals surface area contributed by atoms with E-state index in [9.17, 15) is 10.1 Å². The zero-order chi connectivity index (χ0) is 14.0. The molecule has 0 atom stereocenters. The van der Waals surface area contributed by atoms with Crippen molar-refractivity contribution in [1.82, 2.24) is 0 Å². The van der Waals surface area contributed by atoms with Gasteiger partial charge >= 0.3 is 5.69 Å². The maximum Gasteiger partial charge on any atom is 0.311 e. The van der Waals surface area contributed by atoms with Gasteiger partial charge in [0.2, 0.25) is 0 Å². The second-order valence-corrected chi connectivity index (χ2v) is 5.30. The van der Waals surface area contributed by atoms with E-state index in [1.807, 2.05) is 13.0 Å². The van der Waals surface area contributed by atoms with Gasteiger partial charge in [-0.3, -0.25) is 10.1 Å². The van der Waals surface area contributed by atoms with Gasteiger partial charge in [0.15, 0.2) is 5.75 Å². The van der Waals surface area contributed by atoms with Crippen molar-refractivity contribution in [2.45, 2.75) is 13.8 Å². The van der Waals surface area contributed by atoms with E-state index in [1.165, 1.54) is 17.4 Å². The van der Waals surface area contributed by atoms with Crippen LogP contribution in [-0.2, 0) is 0 Å². The van der Waals surface area contributed by atoms with Crippen LogP contribution in [0, 0.1) is 17.0 Å². The molecule has 0 aliphatic carbocycles. The van der Waals surface area contributed by atoms with Crippen LogP contribution in [0.5, 0.6) is 5.75 Å². The van der Waals surface area contributed by atoms with Gasteiger partial charge in [-0.1, -0.05) is 6.07 Å². The molecule has 0 fully saturated rings. The summed E-state index contributed by atoms with van der Waals surface area (Å²) >= 11 is 1.47. The molecule has 0 bridgehead atoms. The van der Waals surface area contributed by atoms with E-state index in [2.05, 4.69) is 0 Å². The summed E-state index contributed by atoms with van der Waals surface area (Å²) in [5.41, 5.74) is 7.44. The second kappa shape index (κ2) is 5.27. The van der Waals surface area contributed by atoms with Crippen LogP contribution < -0.4 is 10.5 Å². The first kappa shape index (κ1) is 13.4. The molecule has 0 unspecified atom stereocenters. The second-order valence-electron chi connectivity index (χ2n) is 4.01. The fourth-order valence-electron chi connectivity index (χ4n) is 1.86. The average Bonchev–Trinajstić information content (AvgIpc) is 2.69. The quantitative estimate of drug-likeness (QED) is 0.684. The highest BCUT2D eigenvalue weighted by molar-refractivity contribution is 7.16. The van der Waals surface area contributed by atoms with Crippen LogP contribution in [-0.4, -0.2) is 11.5 Å². The van der Waals surface area contributed by atoms with Gasteiger partial charge in [0.05, 0.1) is 16.5 Å². The third kappa shape index (κ3) is 2.68. The number of ether oxygens (including phenoxy) is 1. The number of nitro groups is 1. The minimum Gasteiger partial charge on any atom is -0.487 e. The maximum atomic E-state index is 11.1. The molecule has 0 spiro atoms. The van der Waals surface area contributed by atoms with Crippen molar-refractivity contribution in [1.29, 1.82) is 0 Å². The number of thiophene rings is 1. The largest absolute Gasteiger partial charge is 0.487 e.